The molecule has 4 aromatic rings. The number of carbonyl (C=O) groups is 1. The van der Waals surface area contributed by atoms with Crippen LogP contribution in [-0.2, 0) is 11.3 Å². The zero-order valence-electron chi connectivity index (χ0n) is 16.0. The Kier molecular flexibility index (Phi) is 5.35. The maximum Gasteiger partial charge on any atom is 0.234 e. The largest absolute Gasteiger partial charge is 0.467 e. The fourth-order valence-electron chi connectivity index (χ4n) is 3.19. The highest BCUT2D eigenvalue weighted by molar-refractivity contribution is 8.00. The van der Waals surface area contributed by atoms with Crippen LogP contribution in [0.25, 0.3) is 11.0 Å². The van der Waals surface area contributed by atoms with Crippen LogP contribution in [0.5, 0.6) is 0 Å². The molecule has 3 heterocycles. The number of aromatic nitrogens is 3. The molecule has 6 nitrogen and oxygen atoms in total. The smallest absolute Gasteiger partial charge is 0.234 e. The number of hydrogen-bond donors (Lipinski definition) is 1. The van der Waals surface area contributed by atoms with E-state index in [4.69, 9.17) is 4.42 Å². The zero-order valence-corrected chi connectivity index (χ0v) is 16.8. The van der Waals surface area contributed by atoms with E-state index in [1.807, 2.05) is 26.0 Å². The van der Waals surface area contributed by atoms with Crippen molar-refractivity contribution in [2.24, 2.45) is 0 Å². The van der Waals surface area contributed by atoms with Gasteiger partial charge in [0.25, 0.3) is 0 Å². The highest BCUT2D eigenvalue weighted by Crippen LogP contribution is 2.31. The second-order valence-corrected chi connectivity index (χ2v) is 7.56. The van der Waals surface area contributed by atoms with E-state index in [1.54, 1.807) is 18.4 Å². The number of furan rings is 1. The van der Waals surface area contributed by atoms with Gasteiger partial charge in [-0.2, -0.15) is 0 Å². The molecule has 0 fully saturated rings. The molecule has 1 aromatic carbocycles. The quantitative estimate of drug-likeness (QED) is 0.373. The minimum Gasteiger partial charge on any atom is -0.467 e. The van der Waals surface area contributed by atoms with Gasteiger partial charge >= 0.3 is 0 Å². The first kappa shape index (κ1) is 19.2. The van der Waals surface area contributed by atoms with Gasteiger partial charge in [-0.3, -0.25) is 4.79 Å². The van der Waals surface area contributed by atoms with Gasteiger partial charge in [0.05, 0.1) is 23.9 Å². The van der Waals surface area contributed by atoms with Crippen LogP contribution in [0.4, 0.5) is 10.1 Å². The van der Waals surface area contributed by atoms with Crippen LogP contribution in [0, 0.1) is 19.7 Å². The molecule has 0 spiro atoms. The number of nitrogens with one attached hydrogen (secondary N) is 1. The first-order valence-corrected chi connectivity index (χ1v) is 10.0. The number of halogens is 1. The zero-order chi connectivity index (χ0) is 20.4. The molecule has 148 valence electrons. The van der Waals surface area contributed by atoms with Crippen LogP contribution in [-0.4, -0.2) is 26.2 Å². The van der Waals surface area contributed by atoms with Crippen LogP contribution in [0.3, 0.4) is 0 Å². The fourth-order valence-corrected chi connectivity index (χ4v) is 4.04. The summed E-state index contributed by atoms with van der Waals surface area (Å²) in [5, 5.41) is 4.37. The molecule has 1 N–H and O–H groups in total. The summed E-state index contributed by atoms with van der Waals surface area (Å²) in [5.74, 6) is 0.380. The summed E-state index contributed by atoms with van der Waals surface area (Å²) >= 11 is 1.33. The molecule has 0 saturated carbocycles. The molecule has 4 rings (SSSR count). The van der Waals surface area contributed by atoms with Gasteiger partial charge in [0.2, 0.25) is 5.91 Å². The topological polar surface area (TPSA) is 73.0 Å². The van der Waals surface area contributed by atoms with Gasteiger partial charge in [0, 0.05) is 11.4 Å². The standard InChI is InChI=1S/C21H19FN4O2S/c1-13-14(2)26(10-17-7-4-8-28-17)20-19(13)21(24-12-23-20)29-11-18(27)25-16-6-3-5-15(22)9-16/h3-9,12H,10-11H2,1-2H3,(H,25,27). The summed E-state index contributed by atoms with van der Waals surface area (Å²) in [6, 6.07) is 9.61. The minimum atomic E-state index is -0.392. The van der Waals surface area contributed by atoms with Gasteiger partial charge < -0.3 is 14.3 Å². The number of fused-ring (bicyclic) bond motifs is 1. The Bertz CT molecular complexity index is 1170. The van der Waals surface area contributed by atoms with Crippen molar-refractivity contribution in [1.29, 1.82) is 0 Å². The number of hydrogen-bond acceptors (Lipinski definition) is 5. The maximum absolute atomic E-state index is 13.3. The minimum absolute atomic E-state index is 0.157. The Morgan fingerprint density at radius 1 is 1.24 bits per heavy atom. The molecule has 0 unspecified atom stereocenters. The summed E-state index contributed by atoms with van der Waals surface area (Å²) in [5.41, 5.74) is 3.38. The van der Waals surface area contributed by atoms with Gasteiger partial charge in [0.1, 0.15) is 28.6 Å². The number of nitrogens with zero attached hydrogens (tertiary/aromatic N) is 3. The molecule has 0 atom stereocenters. The number of thioether (sulfide) groups is 1. The molecule has 0 bridgehead atoms. The van der Waals surface area contributed by atoms with Gasteiger partial charge in [0.15, 0.2) is 0 Å². The Balaban J connectivity index is 1.55. The van der Waals surface area contributed by atoms with E-state index in [-0.39, 0.29) is 11.7 Å². The molecule has 3 aromatic heterocycles. The predicted molar refractivity (Wildman–Crippen MR) is 111 cm³/mol. The second-order valence-electron chi connectivity index (χ2n) is 6.60. The number of anilines is 1. The van der Waals surface area contributed by atoms with E-state index >= 15 is 0 Å². The summed E-state index contributed by atoms with van der Waals surface area (Å²) in [4.78, 5) is 21.1. The monoisotopic (exact) mass is 410 g/mol. The number of aryl methyl sites for hydroxylation is 1. The van der Waals surface area contributed by atoms with Crippen molar-refractivity contribution >= 4 is 34.4 Å². The first-order valence-electron chi connectivity index (χ1n) is 9.04. The molecular formula is C21H19FN4O2S. The molecule has 8 heteroatoms. The number of rotatable bonds is 6. The van der Waals surface area contributed by atoms with Crippen molar-refractivity contribution in [3.63, 3.8) is 0 Å². The maximum atomic E-state index is 13.3. The predicted octanol–water partition coefficient (Wildman–Crippen LogP) is 4.56. The fraction of sp³-hybridized carbons (Fsp3) is 0.190. The second kappa shape index (κ2) is 8.08. The Morgan fingerprint density at radius 3 is 2.86 bits per heavy atom. The normalized spacial score (nSPS) is 11.1. The van der Waals surface area contributed by atoms with Crippen molar-refractivity contribution in [3.05, 3.63) is 71.8 Å². The highest BCUT2D eigenvalue weighted by atomic mass is 32.2. The van der Waals surface area contributed by atoms with E-state index in [9.17, 15) is 9.18 Å². The molecule has 0 aliphatic rings. The summed E-state index contributed by atoms with van der Waals surface area (Å²) < 4.78 is 20.8. The van der Waals surface area contributed by atoms with E-state index in [0.29, 0.717) is 12.2 Å². The number of benzene rings is 1. The van der Waals surface area contributed by atoms with Gasteiger partial charge in [-0.25, -0.2) is 14.4 Å². The van der Waals surface area contributed by atoms with Crippen molar-refractivity contribution in [2.45, 2.75) is 25.4 Å². The van der Waals surface area contributed by atoms with Crippen LogP contribution in [0.2, 0.25) is 0 Å². The molecule has 0 aliphatic heterocycles. The lowest BCUT2D eigenvalue weighted by Gasteiger charge is -2.07. The number of amides is 1. The van der Waals surface area contributed by atoms with Gasteiger partial charge in [-0.05, 0) is 49.7 Å². The van der Waals surface area contributed by atoms with E-state index in [0.717, 1.165) is 33.1 Å². The highest BCUT2D eigenvalue weighted by Gasteiger charge is 2.18. The summed E-state index contributed by atoms with van der Waals surface area (Å²) in [6.07, 6.45) is 3.16. The van der Waals surface area contributed by atoms with Gasteiger partial charge in [-0.1, -0.05) is 17.8 Å². The van der Waals surface area contributed by atoms with Crippen LogP contribution >= 0.6 is 11.8 Å². The SMILES string of the molecule is Cc1c(C)n(Cc2ccco2)c2ncnc(SCC(=O)Nc3cccc(F)c3)c12. The van der Waals surface area contributed by atoms with Gasteiger partial charge in [-0.15, -0.1) is 0 Å². The Morgan fingerprint density at radius 2 is 2.10 bits per heavy atom. The Labute approximate surface area is 171 Å². The van der Waals surface area contributed by atoms with E-state index < -0.39 is 5.82 Å². The third-order valence-corrected chi connectivity index (χ3v) is 5.70. The third-order valence-electron chi connectivity index (χ3n) is 4.71. The molecule has 0 radical (unpaired) electrons. The lowest BCUT2D eigenvalue weighted by atomic mass is 10.2. The van der Waals surface area contributed by atoms with Crippen molar-refractivity contribution in [1.82, 2.24) is 14.5 Å². The van der Waals surface area contributed by atoms with Crippen LogP contribution < -0.4 is 5.32 Å². The van der Waals surface area contributed by atoms with E-state index in [2.05, 4.69) is 19.9 Å². The van der Waals surface area contributed by atoms with Crippen molar-refractivity contribution < 1.29 is 13.6 Å². The van der Waals surface area contributed by atoms with Crippen molar-refractivity contribution in [3.8, 4) is 0 Å². The lowest BCUT2D eigenvalue weighted by Crippen LogP contribution is -2.14. The molecule has 1 amide bonds. The molecule has 0 aliphatic carbocycles. The average Bonchev–Trinajstić information content (AvgIpc) is 3.30. The molecular weight excluding hydrogens is 391 g/mol. The summed E-state index contributed by atoms with van der Waals surface area (Å²) in [7, 11) is 0. The number of carbonyl (C=O) groups excluding carboxylic acids is 1. The Hall–Kier alpha value is -3.13. The van der Waals surface area contributed by atoms with Crippen molar-refractivity contribution in [2.75, 3.05) is 11.1 Å². The molecule has 0 saturated heterocycles. The van der Waals surface area contributed by atoms with Crippen LogP contribution in [0.1, 0.15) is 17.0 Å². The van der Waals surface area contributed by atoms with Crippen LogP contribution in [0.15, 0.2) is 58.4 Å². The third kappa shape index (κ3) is 4.02. The summed E-state index contributed by atoms with van der Waals surface area (Å²) in [6.45, 7) is 4.63. The lowest BCUT2D eigenvalue weighted by molar-refractivity contribution is -0.113. The van der Waals surface area contributed by atoms with E-state index in [1.165, 1.54) is 30.2 Å². The molecule has 29 heavy (non-hydrogen) atoms. The average molecular weight is 410 g/mol. The first-order chi connectivity index (χ1) is 14.0.